The van der Waals surface area contributed by atoms with Crippen LogP contribution in [0.1, 0.15) is 16.7 Å². The quantitative estimate of drug-likeness (QED) is 0.387. The molecule has 4 rings (SSSR count). The van der Waals surface area contributed by atoms with Gasteiger partial charge in [-0.25, -0.2) is 0 Å². The highest BCUT2D eigenvalue weighted by atomic mass is 35.5. The van der Waals surface area contributed by atoms with Gasteiger partial charge in [-0.15, -0.1) is 10.2 Å². The lowest BCUT2D eigenvalue weighted by Gasteiger charge is -2.13. The van der Waals surface area contributed by atoms with Crippen molar-refractivity contribution in [2.24, 2.45) is 0 Å². The third kappa shape index (κ3) is 3.81. The zero-order valence-electron chi connectivity index (χ0n) is 15.6. The van der Waals surface area contributed by atoms with Crippen LogP contribution in [0.15, 0.2) is 72.1 Å². The Labute approximate surface area is 173 Å². The molecule has 0 atom stereocenters. The second-order valence-electron chi connectivity index (χ2n) is 6.53. The molecule has 2 aromatic heterocycles. The van der Waals surface area contributed by atoms with Crippen molar-refractivity contribution in [1.29, 1.82) is 0 Å². The third-order valence-corrected chi connectivity index (χ3v) is 5.80. The molecule has 0 spiro atoms. The van der Waals surface area contributed by atoms with E-state index < -0.39 is 0 Å². The third-order valence-electron chi connectivity index (χ3n) is 4.58. The number of halogens is 1. The molecule has 2 aromatic carbocycles. The standard InChI is InChI=1S/C22H19ClN4S/c1-15-6-3-4-7-18(15)14-28-22-26-25-21(17-8-5-11-24-13-17)27(22)20-12-19(23)10-9-16(20)2/h3-13H,14H2,1-2H3. The van der Waals surface area contributed by atoms with E-state index in [1.54, 1.807) is 24.2 Å². The molecule has 0 radical (unpaired) electrons. The summed E-state index contributed by atoms with van der Waals surface area (Å²) in [7, 11) is 0. The summed E-state index contributed by atoms with van der Waals surface area (Å²) in [5.41, 5.74) is 5.55. The van der Waals surface area contributed by atoms with Crippen molar-refractivity contribution in [2.75, 3.05) is 0 Å². The summed E-state index contributed by atoms with van der Waals surface area (Å²) in [6.07, 6.45) is 3.55. The Morgan fingerprint density at radius 1 is 0.964 bits per heavy atom. The van der Waals surface area contributed by atoms with Crippen LogP contribution in [0.25, 0.3) is 17.1 Å². The molecule has 0 saturated heterocycles. The Hall–Kier alpha value is -2.63. The maximum Gasteiger partial charge on any atom is 0.196 e. The number of hydrogen-bond acceptors (Lipinski definition) is 4. The van der Waals surface area contributed by atoms with Crippen LogP contribution in [0.3, 0.4) is 0 Å². The fourth-order valence-electron chi connectivity index (χ4n) is 3.00. The van der Waals surface area contributed by atoms with Gasteiger partial charge in [0.1, 0.15) is 0 Å². The first-order valence-electron chi connectivity index (χ1n) is 8.93. The van der Waals surface area contributed by atoms with Crippen molar-refractivity contribution in [3.63, 3.8) is 0 Å². The van der Waals surface area contributed by atoms with E-state index in [1.807, 2.05) is 30.3 Å². The van der Waals surface area contributed by atoms with E-state index in [4.69, 9.17) is 11.6 Å². The highest BCUT2D eigenvalue weighted by Crippen LogP contribution is 2.32. The lowest BCUT2D eigenvalue weighted by Crippen LogP contribution is -2.02. The van der Waals surface area contributed by atoms with Gasteiger partial charge in [-0.2, -0.15) is 0 Å². The van der Waals surface area contributed by atoms with Crippen molar-refractivity contribution in [2.45, 2.75) is 24.8 Å². The summed E-state index contributed by atoms with van der Waals surface area (Å²) in [6, 6.07) is 18.2. The monoisotopic (exact) mass is 406 g/mol. The van der Waals surface area contributed by atoms with E-state index in [9.17, 15) is 0 Å². The molecule has 0 N–H and O–H groups in total. The number of pyridine rings is 1. The van der Waals surface area contributed by atoms with E-state index in [1.165, 1.54) is 11.1 Å². The SMILES string of the molecule is Cc1ccccc1CSc1nnc(-c2cccnc2)n1-c1cc(Cl)ccc1C. The molecule has 0 fully saturated rings. The first-order chi connectivity index (χ1) is 13.6. The molecule has 0 aliphatic carbocycles. The molecule has 4 nitrogen and oxygen atoms in total. The molecule has 0 bridgehead atoms. The van der Waals surface area contributed by atoms with Crippen LogP contribution in [-0.2, 0) is 5.75 Å². The van der Waals surface area contributed by atoms with Crippen LogP contribution in [-0.4, -0.2) is 19.7 Å². The summed E-state index contributed by atoms with van der Waals surface area (Å²) in [6.45, 7) is 4.19. The van der Waals surface area contributed by atoms with Crippen LogP contribution in [0, 0.1) is 13.8 Å². The smallest absolute Gasteiger partial charge is 0.196 e. The first kappa shape index (κ1) is 18.7. The highest BCUT2D eigenvalue weighted by Gasteiger charge is 2.18. The van der Waals surface area contributed by atoms with E-state index in [0.717, 1.165) is 33.5 Å². The molecule has 0 saturated carbocycles. The minimum Gasteiger partial charge on any atom is -0.270 e. The molecule has 2 heterocycles. The summed E-state index contributed by atoms with van der Waals surface area (Å²) in [5, 5.41) is 10.5. The maximum atomic E-state index is 6.30. The number of aromatic nitrogens is 4. The van der Waals surface area contributed by atoms with Crippen molar-refractivity contribution >= 4 is 23.4 Å². The second-order valence-corrected chi connectivity index (χ2v) is 7.91. The summed E-state index contributed by atoms with van der Waals surface area (Å²) < 4.78 is 2.07. The fourth-order valence-corrected chi connectivity index (χ4v) is 4.19. The molecular weight excluding hydrogens is 388 g/mol. The Kier molecular flexibility index (Phi) is 5.46. The second kappa shape index (κ2) is 8.17. The maximum absolute atomic E-state index is 6.30. The van der Waals surface area contributed by atoms with Gasteiger partial charge in [0.25, 0.3) is 0 Å². The molecule has 28 heavy (non-hydrogen) atoms. The predicted molar refractivity (Wildman–Crippen MR) is 115 cm³/mol. The zero-order valence-corrected chi connectivity index (χ0v) is 17.2. The Balaban J connectivity index is 1.80. The number of thioether (sulfide) groups is 1. The van der Waals surface area contributed by atoms with Crippen molar-refractivity contribution in [3.8, 4) is 17.1 Å². The minimum absolute atomic E-state index is 0.682. The molecular formula is C22H19ClN4S. The van der Waals surface area contributed by atoms with Crippen LogP contribution >= 0.6 is 23.4 Å². The number of nitrogens with zero attached hydrogens (tertiary/aromatic N) is 4. The van der Waals surface area contributed by atoms with Crippen LogP contribution in [0.4, 0.5) is 0 Å². The van der Waals surface area contributed by atoms with Crippen LogP contribution < -0.4 is 0 Å². The Morgan fingerprint density at radius 2 is 1.82 bits per heavy atom. The Morgan fingerprint density at radius 3 is 2.61 bits per heavy atom. The zero-order chi connectivity index (χ0) is 19.5. The molecule has 0 aliphatic rings. The lowest BCUT2D eigenvalue weighted by atomic mass is 10.1. The van der Waals surface area contributed by atoms with Crippen molar-refractivity contribution in [3.05, 3.63) is 88.7 Å². The van der Waals surface area contributed by atoms with Gasteiger partial charge >= 0.3 is 0 Å². The largest absolute Gasteiger partial charge is 0.270 e. The van der Waals surface area contributed by atoms with Gasteiger partial charge in [-0.05, 0) is 54.8 Å². The molecule has 0 amide bonds. The van der Waals surface area contributed by atoms with Crippen molar-refractivity contribution in [1.82, 2.24) is 19.7 Å². The lowest BCUT2D eigenvalue weighted by molar-refractivity contribution is 0.880. The molecule has 6 heteroatoms. The Bertz CT molecular complexity index is 1110. The first-order valence-corrected chi connectivity index (χ1v) is 10.3. The van der Waals surface area contributed by atoms with Crippen molar-refractivity contribution < 1.29 is 0 Å². The van der Waals surface area contributed by atoms with E-state index in [-0.39, 0.29) is 0 Å². The van der Waals surface area contributed by atoms with Gasteiger partial charge in [0.05, 0.1) is 5.69 Å². The average Bonchev–Trinajstić information content (AvgIpc) is 3.13. The topological polar surface area (TPSA) is 43.6 Å². The van der Waals surface area contributed by atoms with Crippen LogP contribution in [0.2, 0.25) is 5.02 Å². The number of hydrogen-bond donors (Lipinski definition) is 0. The molecule has 0 unspecified atom stereocenters. The van der Waals surface area contributed by atoms with Gasteiger partial charge in [-0.1, -0.05) is 53.7 Å². The summed E-state index contributed by atoms with van der Waals surface area (Å²) in [4.78, 5) is 4.24. The predicted octanol–water partition coefficient (Wildman–Crippen LogP) is 5.89. The van der Waals surface area contributed by atoms with E-state index in [2.05, 4.69) is 57.9 Å². The molecule has 140 valence electrons. The summed E-state index contributed by atoms with van der Waals surface area (Å²) in [5.74, 6) is 1.57. The number of benzene rings is 2. The normalized spacial score (nSPS) is 11.0. The van der Waals surface area contributed by atoms with Gasteiger partial charge in [0, 0.05) is 28.7 Å². The van der Waals surface area contributed by atoms with E-state index in [0.29, 0.717) is 5.02 Å². The minimum atomic E-state index is 0.682. The number of aryl methyl sites for hydroxylation is 2. The average molecular weight is 407 g/mol. The van der Waals surface area contributed by atoms with Gasteiger partial charge in [-0.3, -0.25) is 9.55 Å². The van der Waals surface area contributed by atoms with E-state index >= 15 is 0 Å². The molecule has 0 aliphatic heterocycles. The van der Waals surface area contributed by atoms with Crippen LogP contribution in [0.5, 0.6) is 0 Å². The molecule has 4 aromatic rings. The summed E-state index contributed by atoms with van der Waals surface area (Å²) >= 11 is 7.97. The van der Waals surface area contributed by atoms with Gasteiger partial charge < -0.3 is 0 Å². The van der Waals surface area contributed by atoms with Gasteiger partial charge in [0.2, 0.25) is 0 Å². The fraction of sp³-hybridized carbons (Fsp3) is 0.136. The van der Waals surface area contributed by atoms with Gasteiger partial charge in [0.15, 0.2) is 11.0 Å². The highest BCUT2D eigenvalue weighted by molar-refractivity contribution is 7.98. The number of rotatable bonds is 5.